The molecule has 0 spiro atoms. The number of hydrogen-bond donors (Lipinski definition) is 2. The fraction of sp³-hybridized carbons (Fsp3) is 0.233. The van der Waals surface area contributed by atoms with Gasteiger partial charge in [-0.2, -0.15) is 0 Å². The fourth-order valence-corrected chi connectivity index (χ4v) is 5.64. The van der Waals surface area contributed by atoms with E-state index in [0.29, 0.717) is 10.9 Å². The number of nitrogens with zero attached hydrogens (tertiary/aromatic N) is 3. The molecule has 0 radical (unpaired) electrons. The van der Waals surface area contributed by atoms with E-state index in [0.717, 1.165) is 60.3 Å². The van der Waals surface area contributed by atoms with E-state index >= 15 is 0 Å². The van der Waals surface area contributed by atoms with Crippen LogP contribution >= 0.6 is 12.2 Å². The minimum absolute atomic E-state index is 0.230. The van der Waals surface area contributed by atoms with Crippen molar-refractivity contribution in [3.8, 4) is 11.3 Å². The van der Waals surface area contributed by atoms with E-state index in [2.05, 4.69) is 44.4 Å². The van der Waals surface area contributed by atoms with Crippen molar-refractivity contribution in [1.82, 2.24) is 10.3 Å². The van der Waals surface area contributed by atoms with Crippen LogP contribution in [0.1, 0.15) is 39.5 Å². The first-order valence-electron chi connectivity index (χ1n) is 12.9. The Morgan fingerprint density at radius 2 is 1.79 bits per heavy atom. The van der Waals surface area contributed by atoms with Gasteiger partial charge in [0.25, 0.3) is 0 Å². The zero-order chi connectivity index (χ0) is 26.9. The highest BCUT2D eigenvalue weighted by Gasteiger charge is 2.42. The number of carboxylic acids is 1. The molecule has 2 N–H and O–H groups in total. The van der Waals surface area contributed by atoms with E-state index in [1.165, 1.54) is 0 Å². The smallest absolute Gasteiger partial charge is 0.335 e. The summed E-state index contributed by atoms with van der Waals surface area (Å²) in [6.45, 7) is 5.09. The summed E-state index contributed by atoms with van der Waals surface area (Å²) >= 11 is 5.86. The van der Waals surface area contributed by atoms with Crippen molar-refractivity contribution < 1.29 is 19.1 Å². The maximum absolute atomic E-state index is 11.4. The van der Waals surface area contributed by atoms with E-state index in [9.17, 15) is 9.90 Å². The van der Waals surface area contributed by atoms with Gasteiger partial charge in [-0.1, -0.05) is 12.1 Å². The number of carbonyl (C=O) groups is 1. The van der Waals surface area contributed by atoms with E-state index in [1.54, 1.807) is 24.4 Å². The molecule has 2 aliphatic heterocycles. The molecule has 8 nitrogen and oxygen atoms in total. The zero-order valence-corrected chi connectivity index (χ0v) is 22.2. The molecular weight excluding hydrogens is 512 g/mol. The average molecular weight is 541 g/mol. The summed E-state index contributed by atoms with van der Waals surface area (Å²) in [6.07, 6.45) is 1.78. The minimum atomic E-state index is -0.955. The molecule has 2 saturated heterocycles. The number of pyridine rings is 1. The van der Waals surface area contributed by atoms with Crippen molar-refractivity contribution in [1.29, 1.82) is 0 Å². The van der Waals surface area contributed by atoms with Crippen molar-refractivity contribution >= 4 is 34.7 Å². The van der Waals surface area contributed by atoms with Gasteiger partial charge in [-0.05, 0) is 85.4 Å². The van der Waals surface area contributed by atoms with Gasteiger partial charge in [-0.15, -0.1) is 0 Å². The SMILES string of the molecule is Cc1cc(C(=O)O)ccc1-c1ccc([C@@H]2[C@@H](c3ccccn3)NC(=S)N2c2ccc(N3CCOCC3)cc2)o1. The molecule has 0 bridgehead atoms. The number of benzene rings is 2. The quantitative estimate of drug-likeness (QED) is 0.314. The van der Waals surface area contributed by atoms with Gasteiger partial charge in [0.05, 0.1) is 30.5 Å². The van der Waals surface area contributed by atoms with Crippen LogP contribution in [-0.4, -0.2) is 47.5 Å². The highest BCUT2D eigenvalue weighted by atomic mass is 32.1. The Bertz CT molecular complexity index is 1500. The third-order valence-corrected chi connectivity index (χ3v) is 7.57. The molecule has 39 heavy (non-hydrogen) atoms. The number of morpholine rings is 1. The Morgan fingerprint density at radius 1 is 1.03 bits per heavy atom. The number of hydrogen-bond acceptors (Lipinski definition) is 6. The number of rotatable bonds is 6. The predicted molar refractivity (Wildman–Crippen MR) is 153 cm³/mol. The minimum Gasteiger partial charge on any atom is -0.478 e. The van der Waals surface area contributed by atoms with Crippen molar-refractivity contribution in [3.63, 3.8) is 0 Å². The fourth-order valence-electron chi connectivity index (χ4n) is 5.30. The molecule has 0 saturated carbocycles. The van der Waals surface area contributed by atoms with Crippen LogP contribution in [0.4, 0.5) is 11.4 Å². The lowest BCUT2D eigenvalue weighted by atomic mass is 10.0. The van der Waals surface area contributed by atoms with E-state index < -0.39 is 5.97 Å². The second kappa shape index (κ2) is 10.5. The Hall–Kier alpha value is -4.21. The summed E-state index contributed by atoms with van der Waals surface area (Å²) in [4.78, 5) is 20.4. The van der Waals surface area contributed by atoms with Crippen molar-refractivity contribution in [3.05, 3.63) is 102 Å². The summed E-state index contributed by atoms with van der Waals surface area (Å²) in [7, 11) is 0. The molecule has 0 amide bonds. The predicted octanol–water partition coefficient (Wildman–Crippen LogP) is 5.36. The standard InChI is InChI=1S/C30H28N4O4S/c1-19-18-20(29(35)36)5-10-23(19)25-11-12-26(38-25)28-27(24-4-2-3-13-31-24)32-30(39)34(28)22-8-6-21(7-9-22)33-14-16-37-17-15-33/h2-13,18,27-28H,14-17H2,1H3,(H,32,39)(H,35,36)/t27-,28-/m1/s1. The largest absolute Gasteiger partial charge is 0.478 e. The summed E-state index contributed by atoms with van der Waals surface area (Å²) in [6, 6.07) is 22.7. The molecular formula is C30H28N4O4S. The van der Waals surface area contributed by atoms with Crippen LogP contribution in [0.2, 0.25) is 0 Å². The number of anilines is 2. The average Bonchev–Trinajstić information content (AvgIpc) is 3.58. The van der Waals surface area contributed by atoms with Gasteiger partial charge in [-0.25, -0.2) is 4.79 Å². The maximum Gasteiger partial charge on any atom is 0.335 e. The van der Waals surface area contributed by atoms with Gasteiger partial charge < -0.3 is 29.4 Å². The normalized spacial score (nSPS) is 19.3. The molecule has 6 rings (SSSR count). The summed E-state index contributed by atoms with van der Waals surface area (Å²) in [5, 5.41) is 13.4. The lowest BCUT2D eigenvalue weighted by Gasteiger charge is -2.30. The first kappa shape index (κ1) is 25.1. The molecule has 198 valence electrons. The highest BCUT2D eigenvalue weighted by Crippen LogP contribution is 2.43. The van der Waals surface area contributed by atoms with Gasteiger partial charge in [0, 0.05) is 36.2 Å². The molecule has 2 aliphatic rings. The topological polar surface area (TPSA) is 91.1 Å². The molecule has 0 aliphatic carbocycles. The molecule has 9 heteroatoms. The van der Waals surface area contributed by atoms with Gasteiger partial charge in [0.2, 0.25) is 0 Å². The van der Waals surface area contributed by atoms with Gasteiger partial charge in [0.15, 0.2) is 5.11 Å². The third-order valence-electron chi connectivity index (χ3n) is 7.26. The molecule has 2 aromatic heterocycles. The van der Waals surface area contributed by atoms with Crippen LogP contribution in [0.25, 0.3) is 11.3 Å². The lowest BCUT2D eigenvalue weighted by molar-refractivity contribution is 0.0696. The lowest BCUT2D eigenvalue weighted by Crippen LogP contribution is -2.36. The summed E-state index contributed by atoms with van der Waals surface area (Å²) in [5.41, 5.74) is 4.88. The number of furan rings is 1. The first-order chi connectivity index (χ1) is 19.0. The highest BCUT2D eigenvalue weighted by molar-refractivity contribution is 7.80. The van der Waals surface area contributed by atoms with Gasteiger partial charge in [0.1, 0.15) is 17.6 Å². The van der Waals surface area contributed by atoms with Crippen LogP contribution in [0.5, 0.6) is 0 Å². The van der Waals surface area contributed by atoms with Gasteiger partial charge >= 0.3 is 5.97 Å². The third kappa shape index (κ3) is 4.86. The Labute approximate surface area is 231 Å². The molecule has 2 atom stereocenters. The van der Waals surface area contributed by atoms with Crippen LogP contribution in [0.15, 0.2) is 83.4 Å². The number of aryl methyl sites for hydroxylation is 1. The first-order valence-corrected chi connectivity index (χ1v) is 13.3. The number of aromatic carboxylic acids is 1. The van der Waals surface area contributed by atoms with Crippen molar-refractivity contribution in [2.24, 2.45) is 0 Å². The van der Waals surface area contributed by atoms with Crippen LogP contribution < -0.4 is 15.1 Å². The molecule has 4 heterocycles. The van der Waals surface area contributed by atoms with E-state index in [-0.39, 0.29) is 17.6 Å². The molecule has 4 aromatic rings. The van der Waals surface area contributed by atoms with Crippen LogP contribution in [0, 0.1) is 6.92 Å². The summed E-state index contributed by atoms with van der Waals surface area (Å²) in [5.74, 6) is 0.440. The number of aromatic nitrogens is 1. The number of thiocarbonyl (C=S) groups is 1. The van der Waals surface area contributed by atoms with E-state index in [1.807, 2.05) is 37.3 Å². The number of ether oxygens (including phenoxy) is 1. The zero-order valence-electron chi connectivity index (χ0n) is 21.4. The number of carboxylic acid groups (broad SMARTS) is 1. The van der Waals surface area contributed by atoms with E-state index in [4.69, 9.17) is 21.4 Å². The number of nitrogens with one attached hydrogen (secondary N) is 1. The Balaban J connectivity index is 1.37. The molecule has 2 aromatic carbocycles. The van der Waals surface area contributed by atoms with Crippen molar-refractivity contribution in [2.45, 2.75) is 19.0 Å². The summed E-state index contributed by atoms with van der Waals surface area (Å²) < 4.78 is 12.0. The monoisotopic (exact) mass is 540 g/mol. The van der Waals surface area contributed by atoms with Gasteiger partial charge in [-0.3, -0.25) is 4.98 Å². The second-order valence-corrected chi connectivity index (χ2v) is 10.0. The molecule has 0 unspecified atom stereocenters. The van der Waals surface area contributed by atoms with Crippen molar-refractivity contribution in [2.75, 3.05) is 36.1 Å². The Kier molecular flexibility index (Phi) is 6.76. The van der Waals surface area contributed by atoms with Crippen LogP contribution in [-0.2, 0) is 4.74 Å². The Morgan fingerprint density at radius 3 is 2.49 bits per heavy atom. The van der Waals surface area contributed by atoms with Crippen LogP contribution in [0.3, 0.4) is 0 Å². The molecule has 2 fully saturated rings. The maximum atomic E-state index is 11.4. The second-order valence-electron chi connectivity index (χ2n) is 9.65.